The van der Waals surface area contributed by atoms with Crippen molar-refractivity contribution in [3.63, 3.8) is 0 Å². The monoisotopic (exact) mass is 424 g/mol. The molecule has 29 heavy (non-hydrogen) atoms. The first kappa shape index (κ1) is 23.5. The Hall–Kier alpha value is -1.77. The van der Waals surface area contributed by atoms with Crippen molar-refractivity contribution in [2.75, 3.05) is 12.3 Å². The Labute approximate surface area is 179 Å². The molecule has 0 aliphatic heterocycles. The number of hydrogen-bond donors (Lipinski definition) is 2. The molecule has 2 aromatic rings. The fraction of sp³-hybridized carbons (Fsp3) is 0.333. The van der Waals surface area contributed by atoms with Crippen LogP contribution in [0, 0.1) is 0 Å². The smallest absolute Gasteiger partial charge is 0.187 e. The van der Waals surface area contributed by atoms with Gasteiger partial charge in [-0.25, -0.2) is 0 Å². The Morgan fingerprint density at radius 3 is 1.34 bits per heavy atom. The maximum absolute atomic E-state index is 6.70. The third kappa shape index (κ3) is 8.64. The van der Waals surface area contributed by atoms with Gasteiger partial charge in [0.15, 0.2) is 16.6 Å². The second kappa shape index (κ2) is 10.9. The van der Waals surface area contributed by atoms with E-state index in [2.05, 4.69) is 98.5 Å². The van der Waals surface area contributed by atoms with Crippen LogP contribution in [-0.4, -0.2) is 29.0 Å². The predicted molar refractivity (Wildman–Crippen MR) is 133 cm³/mol. The van der Waals surface area contributed by atoms with Crippen molar-refractivity contribution in [3.05, 3.63) is 83.9 Å². The Morgan fingerprint density at radius 2 is 1.03 bits per heavy atom. The second-order valence-electron chi connectivity index (χ2n) is 8.72. The van der Waals surface area contributed by atoms with Crippen LogP contribution in [0.25, 0.3) is 12.2 Å². The van der Waals surface area contributed by atoms with Gasteiger partial charge >= 0.3 is 0 Å². The van der Waals surface area contributed by atoms with Crippen molar-refractivity contribution < 1.29 is 4.12 Å². The zero-order valence-corrected chi connectivity index (χ0v) is 20.4. The Balaban J connectivity index is 1.75. The maximum Gasteiger partial charge on any atom is 0.187 e. The Morgan fingerprint density at radius 1 is 0.690 bits per heavy atom. The third-order valence-corrected chi connectivity index (χ3v) is 11.4. The van der Waals surface area contributed by atoms with Crippen LogP contribution in [0.5, 0.6) is 0 Å². The quantitative estimate of drug-likeness (QED) is 0.450. The molecule has 0 aliphatic rings. The molecule has 156 valence electrons. The molecule has 0 bridgehead atoms. The van der Waals surface area contributed by atoms with Gasteiger partial charge in [0.1, 0.15) is 0 Å². The van der Waals surface area contributed by atoms with E-state index in [-0.39, 0.29) is 0 Å². The molecule has 0 amide bonds. The van der Waals surface area contributed by atoms with Crippen molar-refractivity contribution in [3.8, 4) is 0 Å². The number of nitrogens with one attached hydrogen (secondary N) is 2. The van der Waals surface area contributed by atoms with Gasteiger partial charge in [-0.2, -0.15) is 0 Å². The molecule has 0 radical (unpaired) electrons. The summed E-state index contributed by atoms with van der Waals surface area (Å²) in [5.41, 5.74) is 4.90. The number of hydrogen-bond acceptors (Lipinski definition) is 3. The third-order valence-electron chi connectivity index (χ3n) is 4.74. The van der Waals surface area contributed by atoms with Gasteiger partial charge in [0.2, 0.25) is 0 Å². The standard InChI is InChI=1S/C24H36N2OSi2/c1-7-21-9-13-23(14-10-21)17-25-19-28(3,4)27-29(5,6)20-26-18-24-15-11-22(8-2)12-16-24/h7-16,25-26H,1-2,17-20H2,3-6H3. The Bertz CT molecular complexity index is 716. The number of rotatable bonds is 12. The summed E-state index contributed by atoms with van der Waals surface area (Å²) in [6.45, 7) is 18.6. The molecule has 0 saturated heterocycles. The topological polar surface area (TPSA) is 33.3 Å². The summed E-state index contributed by atoms with van der Waals surface area (Å²) in [4.78, 5) is 0. The van der Waals surface area contributed by atoms with E-state index in [0.717, 1.165) is 36.6 Å². The molecule has 3 nitrogen and oxygen atoms in total. The van der Waals surface area contributed by atoms with Crippen molar-refractivity contribution in [2.24, 2.45) is 0 Å². The van der Waals surface area contributed by atoms with Crippen LogP contribution < -0.4 is 10.6 Å². The van der Waals surface area contributed by atoms with E-state index in [4.69, 9.17) is 4.12 Å². The average molecular weight is 425 g/mol. The molecule has 0 spiro atoms. The summed E-state index contributed by atoms with van der Waals surface area (Å²) in [5, 5.41) is 7.20. The minimum absolute atomic E-state index is 0.873. The van der Waals surface area contributed by atoms with Crippen LogP contribution in [0.3, 0.4) is 0 Å². The molecule has 0 heterocycles. The second-order valence-corrected chi connectivity index (χ2v) is 17.3. The first-order chi connectivity index (χ1) is 13.7. The molecule has 2 aromatic carbocycles. The minimum Gasteiger partial charge on any atom is -0.454 e. The zero-order chi connectivity index (χ0) is 21.3. The van der Waals surface area contributed by atoms with Crippen LogP contribution >= 0.6 is 0 Å². The largest absolute Gasteiger partial charge is 0.454 e. The normalized spacial score (nSPS) is 12.0. The van der Waals surface area contributed by atoms with Gasteiger partial charge in [0.05, 0.1) is 0 Å². The fourth-order valence-corrected chi connectivity index (χ4v) is 11.4. The highest BCUT2D eigenvalue weighted by Crippen LogP contribution is 2.14. The average Bonchev–Trinajstić information content (AvgIpc) is 2.68. The SMILES string of the molecule is C=Cc1ccc(CNC[Si](C)(C)O[Si](C)(C)CNCc2ccc(C=C)cc2)cc1. The lowest BCUT2D eigenvalue weighted by molar-refractivity contribution is 0.518. The van der Waals surface area contributed by atoms with Gasteiger partial charge in [-0.15, -0.1) is 0 Å². The van der Waals surface area contributed by atoms with Gasteiger partial charge in [-0.1, -0.05) is 73.8 Å². The van der Waals surface area contributed by atoms with Gasteiger partial charge < -0.3 is 14.7 Å². The fourth-order valence-electron chi connectivity index (χ4n) is 3.38. The summed E-state index contributed by atoms with van der Waals surface area (Å²) in [6.07, 6.45) is 5.65. The van der Waals surface area contributed by atoms with E-state index in [1.807, 2.05) is 12.2 Å². The summed E-state index contributed by atoms with van der Waals surface area (Å²) in [5.74, 6) is 0. The van der Waals surface area contributed by atoms with E-state index in [1.54, 1.807) is 0 Å². The van der Waals surface area contributed by atoms with Crippen LogP contribution in [0.15, 0.2) is 61.7 Å². The number of benzene rings is 2. The maximum atomic E-state index is 6.70. The molecule has 5 heteroatoms. The lowest BCUT2D eigenvalue weighted by atomic mass is 10.1. The summed E-state index contributed by atoms with van der Waals surface area (Å²) in [7, 11) is -3.54. The van der Waals surface area contributed by atoms with Gasteiger partial charge in [-0.3, -0.25) is 0 Å². The lowest BCUT2D eigenvalue weighted by Gasteiger charge is -2.34. The highest BCUT2D eigenvalue weighted by atomic mass is 28.4. The molecule has 0 unspecified atom stereocenters. The first-order valence-electron chi connectivity index (χ1n) is 10.3. The van der Waals surface area contributed by atoms with Gasteiger partial charge in [0.25, 0.3) is 0 Å². The van der Waals surface area contributed by atoms with Crippen molar-refractivity contribution >= 4 is 28.8 Å². The molecular weight excluding hydrogens is 388 g/mol. The molecule has 0 atom stereocenters. The highest BCUT2D eigenvalue weighted by Gasteiger charge is 2.32. The van der Waals surface area contributed by atoms with Crippen LogP contribution in [0.4, 0.5) is 0 Å². The molecular formula is C24H36N2OSi2. The molecule has 0 aliphatic carbocycles. The summed E-state index contributed by atoms with van der Waals surface area (Å²) >= 11 is 0. The summed E-state index contributed by atoms with van der Waals surface area (Å²) < 4.78 is 6.70. The van der Waals surface area contributed by atoms with E-state index in [9.17, 15) is 0 Å². The van der Waals surface area contributed by atoms with Gasteiger partial charge in [-0.05, 0) is 48.4 Å². The van der Waals surface area contributed by atoms with Crippen molar-refractivity contribution in [1.29, 1.82) is 0 Å². The zero-order valence-electron chi connectivity index (χ0n) is 18.4. The Kier molecular flexibility index (Phi) is 8.80. The van der Waals surface area contributed by atoms with Crippen LogP contribution in [0.2, 0.25) is 26.2 Å². The molecule has 0 saturated carbocycles. The van der Waals surface area contributed by atoms with Crippen molar-refractivity contribution in [2.45, 2.75) is 39.3 Å². The van der Waals surface area contributed by atoms with E-state index in [1.165, 1.54) is 11.1 Å². The first-order valence-corrected chi connectivity index (χ1v) is 16.5. The highest BCUT2D eigenvalue weighted by molar-refractivity contribution is 6.85. The predicted octanol–water partition coefficient (Wildman–Crippen LogP) is 5.36. The van der Waals surface area contributed by atoms with Crippen LogP contribution in [-0.2, 0) is 17.2 Å². The lowest BCUT2D eigenvalue weighted by Crippen LogP contribution is -2.54. The van der Waals surface area contributed by atoms with Crippen molar-refractivity contribution in [1.82, 2.24) is 10.6 Å². The van der Waals surface area contributed by atoms with E-state index in [0.29, 0.717) is 0 Å². The van der Waals surface area contributed by atoms with Gasteiger partial charge in [0, 0.05) is 25.4 Å². The molecule has 2 N–H and O–H groups in total. The van der Waals surface area contributed by atoms with E-state index < -0.39 is 16.6 Å². The molecule has 0 fully saturated rings. The van der Waals surface area contributed by atoms with Crippen LogP contribution in [0.1, 0.15) is 22.3 Å². The summed E-state index contributed by atoms with van der Waals surface area (Å²) in [6, 6.07) is 17.1. The molecule has 2 rings (SSSR count). The minimum atomic E-state index is -1.77. The van der Waals surface area contributed by atoms with E-state index >= 15 is 0 Å². The molecule has 0 aromatic heterocycles.